The number of ether oxygens (including phenoxy) is 3. The minimum atomic E-state index is -0.240. The molecule has 0 aliphatic rings. The van der Waals surface area contributed by atoms with E-state index in [0.29, 0.717) is 22.8 Å². The summed E-state index contributed by atoms with van der Waals surface area (Å²) in [5, 5.41) is 10.5. The van der Waals surface area contributed by atoms with Crippen LogP contribution in [0.1, 0.15) is 5.56 Å². The fourth-order valence-electron chi connectivity index (χ4n) is 2.53. The Balaban J connectivity index is 1.68. The molecule has 0 fully saturated rings. The van der Waals surface area contributed by atoms with Crippen molar-refractivity contribution in [1.29, 1.82) is 0 Å². The lowest BCUT2D eigenvalue weighted by Gasteiger charge is -2.12. The minimum absolute atomic E-state index is 0.0169. The van der Waals surface area contributed by atoms with Gasteiger partial charge in [-0.1, -0.05) is 22.8 Å². The molecule has 29 heavy (non-hydrogen) atoms. The number of benzene rings is 2. The Labute approximate surface area is 172 Å². The van der Waals surface area contributed by atoms with Crippen molar-refractivity contribution >= 4 is 23.7 Å². The van der Waals surface area contributed by atoms with Crippen molar-refractivity contribution in [2.45, 2.75) is 11.8 Å². The highest BCUT2D eigenvalue weighted by Crippen LogP contribution is 2.41. The first-order chi connectivity index (χ1) is 14.0. The van der Waals surface area contributed by atoms with Crippen LogP contribution in [-0.4, -0.2) is 43.2 Å². The zero-order valence-electron chi connectivity index (χ0n) is 16.5. The first kappa shape index (κ1) is 20.5. The smallest absolute Gasteiger partial charge is 0.322 e. The number of rotatable bonds is 8. The van der Waals surface area contributed by atoms with E-state index >= 15 is 0 Å². The monoisotopic (exact) mass is 415 g/mol. The van der Waals surface area contributed by atoms with Gasteiger partial charge in [-0.3, -0.25) is 10.1 Å². The number of nitrogens with zero attached hydrogens (tertiary/aromatic N) is 2. The van der Waals surface area contributed by atoms with Gasteiger partial charge in [0.1, 0.15) is 0 Å². The molecule has 1 aromatic heterocycles. The molecule has 0 aliphatic carbocycles. The van der Waals surface area contributed by atoms with Crippen molar-refractivity contribution in [1.82, 2.24) is 10.2 Å². The predicted molar refractivity (Wildman–Crippen MR) is 110 cm³/mol. The molecule has 0 atom stereocenters. The van der Waals surface area contributed by atoms with Crippen LogP contribution in [0, 0.1) is 6.92 Å². The third kappa shape index (κ3) is 5.00. The van der Waals surface area contributed by atoms with Crippen molar-refractivity contribution in [2.24, 2.45) is 0 Å². The van der Waals surface area contributed by atoms with Crippen molar-refractivity contribution < 1.29 is 23.4 Å². The van der Waals surface area contributed by atoms with Gasteiger partial charge in [-0.05, 0) is 31.2 Å². The van der Waals surface area contributed by atoms with E-state index in [0.717, 1.165) is 4.90 Å². The molecule has 0 radical (unpaired) electrons. The van der Waals surface area contributed by atoms with E-state index in [1.54, 1.807) is 12.1 Å². The molecule has 0 aliphatic heterocycles. The Morgan fingerprint density at radius 3 is 2.28 bits per heavy atom. The molecule has 0 spiro atoms. The number of hydrogen-bond acceptors (Lipinski definition) is 8. The van der Waals surface area contributed by atoms with Crippen molar-refractivity contribution in [3.63, 3.8) is 0 Å². The van der Waals surface area contributed by atoms with Gasteiger partial charge in [-0.15, -0.1) is 16.9 Å². The lowest BCUT2D eigenvalue weighted by Crippen LogP contribution is -2.14. The summed E-state index contributed by atoms with van der Waals surface area (Å²) in [4.78, 5) is 13.2. The number of hydrogen-bond donors (Lipinski definition) is 1. The summed E-state index contributed by atoms with van der Waals surface area (Å²) in [6.45, 7) is 2.02. The van der Waals surface area contributed by atoms with Gasteiger partial charge in [0.2, 0.25) is 17.5 Å². The quantitative estimate of drug-likeness (QED) is 0.555. The number of aromatic nitrogens is 2. The number of nitrogens with one attached hydrogen (secondary N) is 1. The molecule has 1 heterocycles. The lowest BCUT2D eigenvalue weighted by molar-refractivity contribution is -0.113. The van der Waals surface area contributed by atoms with E-state index in [-0.39, 0.29) is 23.6 Å². The maximum atomic E-state index is 12.2. The third-order valence-corrected chi connectivity index (χ3v) is 4.99. The van der Waals surface area contributed by atoms with E-state index in [4.69, 9.17) is 18.6 Å². The molecule has 3 rings (SSSR count). The summed E-state index contributed by atoms with van der Waals surface area (Å²) in [6.07, 6.45) is 0. The third-order valence-electron chi connectivity index (χ3n) is 3.97. The van der Waals surface area contributed by atoms with Crippen LogP contribution in [0.5, 0.6) is 17.2 Å². The molecule has 0 saturated carbocycles. The number of carbonyl (C=O) groups is 1. The van der Waals surface area contributed by atoms with Gasteiger partial charge in [-0.25, -0.2) is 0 Å². The largest absolute Gasteiger partial charge is 0.493 e. The van der Waals surface area contributed by atoms with Gasteiger partial charge in [0.25, 0.3) is 0 Å². The van der Waals surface area contributed by atoms with Gasteiger partial charge in [0, 0.05) is 10.5 Å². The highest BCUT2D eigenvalue weighted by Gasteiger charge is 2.18. The van der Waals surface area contributed by atoms with Gasteiger partial charge >= 0.3 is 6.01 Å². The first-order valence-corrected chi connectivity index (χ1v) is 9.65. The predicted octanol–water partition coefficient (Wildman–Crippen LogP) is 3.80. The van der Waals surface area contributed by atoms with Crippen molar-refractivity contribution in [3.8, 4) is 28.7 Å². The number of carbonyl (C=O) groups excluding carboxylic acids is 1. The van der Waals surface area contributed by atoms with Crippen molar-refractivity contribution in [2.75, 3.05) is 32.4 Å². The zero-order valence-corrected chi connectivity index (χ0v) is 17.3. The molecule has 0 unspecified atom stereocenters. The number of anilines is 1. The highest BCUT2D eigenvalue weighted by molar-refractivity contribution is 8.00. The SMILES string of the molecule is COc1cc(-c2nnc(NC(=O)CSc3ccc(C)cc3)o2)cc(OC)c1OC. The van der Waals surface area contributed by atoms with Crippen LogP contribution >= 0.6 is 11.8 Å². The standard InChI is InChI=1S/C20H21N3O5S/c1-12-5-7-14(8-6-12)29-11-17(24)21-20-23-22-19(28-20)13-9-15(25-2)18(27-4)16(10-13)26-3/h5-10H,11H2,1-4H3,(H,21,23,24). The molecule has 0 bridgehead atoms. The average Bonchev–Trinajstić information content (AvgIpc) is 3.20. The van der Waals surface area contributed by atoms with Gasteiger partial charge < -0.3 is 18.6 Å². The fourth-order valence-corrected chi connectivity index (χ4v) is 3.23. The van der Waals surface area contributed by atoms with Crippen LogP contribution in [0.15, 0.2) is 45.7 Å². The Morgan fingerprint density at radius 2 is 1.69 bits per heavy atom. The average molecular weight is 415 g/mol. The molecule has 2 aromatic carbocycles. The molecular formula is C20H21N3O5S. The zero-order chi connectivity index (χ0) is 20.8. The van der Waals surface area contributed by atoms with Gasteiger partial charge in [-0.2, -0.15) is 0 Å². The summed E-state index contributed by atoms with van der Waals surface area (Å²) in [7, 11) is 4.56. The molecule has 1 amide bonds. The molecule has 3 aromatic rings. The van der Waals surface area contributed by atoms with E-state index in [1.807, 2.05) is 31.2 Å². The highest BCUT2D eigenvalue weighted by atomic mass is 32.2. The first-order valence-electron chi connectivity index (χ1n) is 8.67. The maximum absolute atomic E-state index is 12.2. The van der Waals surface area contributed by atoms with Crippen LogP contribution in [0.2, 0.25) is 0 Å². The second kappa shape index (κ2) is 9.33. The topological polar surface area (TPSA) is 95.7 Å². The lowest BCUT2D eigenvalue weighted by atomic mass is 10.2. The number of thioether (sulfide) groups is 1. The summed E-state index contributed by atoms with van der Waals surface area (Å²) in [5.74, 6) is 1.58. The minimum Gasteiger partial charge on any atom is -0.493 e. The van der Waals surface area contributed by atoms with Crippen LogP contribution in [0.3, 0.4) is 0 Å². The normalized spacial score (nSPS) is 10.5. The Hall–Kier alpha value is -3.20. The van der Waals surface area contributed by atoms with Crippen LogP contribution < -0.4 is 19.5 Å². The second-order valence-corrected chi connectivity index (χ2v) is 7.03. The molecule has 9 heteroatoms. The van der Waals surface area contributed by atoms with Crippen LogP contribution in [0.25, 0.3) is 11.5 Å². The second-order valence-electron chi connectivity index (χ2n) is 5.98. The van der Waals surface area contributed by atoms with E-state index in [9.17, 15) is 4.79 Å². The Morgan fingerprint density at radius 1 is 1.03 bits per heavy atom. The summed E-state index contributed by atoms with van der Waals surface area (Å²) in [6, 6.07) is 11.3. The molecule has 1 N–H and O–H groups in total. The fraction of sp³-hybridized carbons (Fsp3) is 0.250. The number of methoxy groups -OCH3 is 3. The molecule has 0 saturated heterocycles. The Kier molecular flexibility index (Phi) is 6.61. The van der Waals surface area contributed by atoms with E-state index < -0.39 is 0 Å². The van der Waals surface area contributed by atoms with E-state index in [1.165, 1.54) is 38.7 Å². The van der Waals surface area contributed by atoms with Crippen LogP contribution in [-0.2, 0) is 4.79 Å². The van der Waals surface area contributed by atoms with Gasteiger partial charge in [0.05, 0.1) is 27.1 Å². The van der Waals surface area contributed by atoms with Crippen molar-refractivity contribution in [3.05, 3.63) is 42.0 Å². The van der Waals surface area contributed by atoms with Gasteiger partial charge in [0.15, 0.2) is 11.5 Å². The Bertz CT molecular complexity index is 963. The maximum Gasteiger partial charge on any atom is 0.322 e. The number of amides is 1. The van der Waals surface area contributed by atoms with E-state index in [2.05, 4.69) is 15.5 Å². The molecule has 152 valence electrons. The summed E-state index contributed by atoms with van der Waals surface area (Å²) in [5.41, 5.74) is 1.74. The van der Waals surface area contributed by atoms with Crippen LogP contribution in [0.4, 0.5) is 6.01 Å². The number of aryl methyl sites for hydroxylation is 1. The molecule has 8 nitrogen and oxygen atoms in total. The summed E-state index contributed by atoms with van der Waals surface area (Å²) < 4.78 is 21.5. The molecular weight excluding hydrogens is 394 g/mol. The summed E-state index contributed by atoms with van der Waals surface area (Å²) >= 11 is 1.42.